The number of aliphatic hydroxyl groups is 2. The third kappa shape index (κ3) is 4.01. The lowest BCUT2D eigenvalue weighted by atomic mass is 9.93. The minimum Gasteiger partial charge on any atom is -0.402 e. The zero-order valence-corrected chi connectivity index (χ0v) is 17.9. The van der Waals surface area contributed by atoms with E-state index in [1.54, 1.807) is 17.0 Å². The predicted octanol–water partition coefficient (Wildman–Crippen LogP) is 1.39. The lowest BCUT2D eigenvalue weighted by Gasteiger charge is -2.30. The van der Waals surface area contributed by atoms with Crippen LogP contribution in [0.25, 0.3) is 0 Å². The van der Waals surface area contributed by atoms with Gasteiger partial charge in [-0.1, -0.05) is 28.4 Å². The first kappa shape index (κ1) is 21.6. The first-order valence-electron chi connectivity index (χ1n) is 9.56. The zero-order chi connectivity index (χ0) is 22.3. The van der Waals surface area contributed by atoms with Crippen molar-refractivity contribution in [2.45, 2.75) is 18.4 Å². The maximum Gasteiger partial charge on any atom is 0.254 e. The maximum absolute atomic E-state index is 13.1. The molecule has 0 fully saturated rings. The van der Waals surface area contributed by atoms with E-state index in [1.807, 2.05) is 0 Å². The number of fused-ring (bicyclic) bond motifs is 1. The molecular weight excluding hydrogens is 445 g/mol. The van der Waals surface area contributed by atoms with E-state index in [4.69, 9.17) is 39.2 Å². The van der Waals surface area contributed by atoms with Gasteiger partial charge in [-0.15, -0.1) is 0 Å². The summed E-state index contributed by atoms with van der Waals surface area (Å²) < 4.78 is 5.12. The van der Waals surface area contributed by atoms with Crippen LogP contribution in [-0.2, 0) is 6.42 Å². The molecule has 0 aliphatic carbocycles. The van der Waals surface area contributed by atoms with Crippen molar-refractivity contribution in [3.8, 4) is 0 Å². The summed E-state index contributed by atoms with van der Waals surface area (Å²) in [5.41, 5.74) is 13.4. The fourth-order valence-electron chi connectivity index (χ4n) is 3.70. The molecule has 1 atom stereocenters. The molecule has 9 nitrogen and oxygen atoms in total. The van der Waals surface area contributed by atoms with E-state index >= 15 is 0 Å². The molecule has 3 heterocycles. The van der Waals surface area contributed by atoms with Gasteiger partial charge in [-0.2, -0.15) is 0 Å². The molecule has 6 N–H and O–H groups in total. The number of rotatable bonds is 3. The van der Waals surface area contributed by atoms with Gasteiger partial charge in [-0.3, -0.25) is 9.79 Å². The van der Waals surface area contributed by atoms with Gasteiger partial charge in [0.2, 0.25) is 5.88 Å². The van der Waals surface area contributed by atoms with Crippen LogP contribution in [0, 0.1) is 0 Å². The Morgan fingerprint density at radius 3 is 2.77 bits per heavy atom. The quantitative estimate of drug-likeness (QED) is 0.534. The van der Waals surface area contributed by atoms with Crippen LogP contribution in [0.2, 0.25) is 10.0 Å². The molecule has 0 saturated heterocycles. The van der Waals surface area contributed by atoms with Gasteiger partial charge >= 0.3 is 0 Å². The highest BCUT2D eigenvalue weighted by Crippen LogP contribution is 2.31. The number of benzene rings is 1. The van der Waals surface area contributed by atoms with Crippen molar-refractivity contribution in [1.82, 2.24) is 10.1 Å². The number of aliphatic hydroxyl groups excluding tert-OH is 1. The average molecular weight is 466 g/mol. The van der Waals surface area contributed by atoms with Crippen LogP contribution < -0.4 is 11.5 Å². The van der Waals surface area contributed by atoms with Crippen LogP contribution in [0.4, 0.5) is 5.88 Å². The molecule has 11 heteroatoms. The Kier molecular flexibility index (Phi) is 5.69. The number of anilines is 1. The van der Waals surface area contributed by atoms with Gasteiger partial charge in [0.1, 0.15) is 11.3 Å². The van der Waals surface area contributed by atoms with E-state index in [9.17, 15) is 15.0 Å². The van der Waals surface area contributed by atoms with Gasteiger partial charge in [0, 0.05) is 48.3 Å². The number of hydrogen-bond acceptors (Lipinski definition) is 8. The molecule has 1 unspecified atom stereocenters. The van der Waals surface area contributed by atoms with Gasteiger partial charge in [0.25, 0.3) is 5.91 Å². The number of nitrogens with zero attached hydrogens (tertiary/aromatic N) is 3. The number of hydrogen-bond donors (Lipinski definition) is 4. The Labute approximate surface area is 187 Å². The Balaban J connectivity index is 1.68. The molecule has 0 bridgehead atoms. The molecule has 2 aliphatic rings. The topological polar surface area (TPSA) is 151 Å². The lowest BCUT2D eigenvalue weighted by molar-refractivity contribution is -0.00510. The minimum atomic E-state index is -1.50. The van der Waals surface area contributed by atoms with Crippen molar-refractivity contribution < 1.29 is 19.5 Å². The standard InChI is InChI=1S/C20H21Cl2N5O4/c21-13-2-1-10(5-14(13)22)19(29)27-4-3-15(23)12(7-27)16-17-11(18(24)31-26-17)6-20(30,9-28)8-25-16/h1-2,5,28,30H,3-4,6-9,23-24H2. The number of aliphatic imine (C=N–C) groups is 1. The molecule has 2 aromatic rings. The van der Waals surface area contributed by atoms with Crippen molar-refractivity contribution in [3.05, 3.63) is 56.3 Å². The van der Waals surface area contributed by atoms with E-state index in [2.05, 4.69) is 10.1 Å². The van der Waals surface area contributed by atoms with E-state index in [1.165, 1.54) is 6.07 Å². The van der Waals surface area contributed by atoms with E-state index in [-0.39, 0.29) is 31.3 Å². The van der Waals surface area contributed by atoms with Crippen molar-refractivity contribution in [3.63, 3.8) is 0 Å². The van der Waals surface area contributed by atoms with Crippen LogP contribution in [-0.4, -0.2) is 63.7 Å². The van der Waals surface area contributed by atoms with Gasteiger partial charge in [0.15, 0.2) is 0 Å². The first-order chi connectivity index (χ1) is 14.7. The lowest BCUT2D eigenvalue weighted by Crippen LogP contribution is -2.40. The van der Waals surface area contributed by atoms with Crippen LogP contribution >= 0.6 is 23.2 Å². The normalized spacial score (nSPS) is 21.5. The van der Waals surface area contributed by atoms with Crippen molar-refractivity contribution in [1.29, 1.82) is 0 Å². The predicted molar refractivity (Wildman–Crippen MR) is 116 cm³/mol. The number of carbonyl (C=O) groups is 1. The Morgan fingerprint density at radius 2 is 2.06 bits per heavy atom. The molecule has 2 aliphatic heterocycles. The second-order valence-electron chi connectivity index (χ2n) is 7.71. The molecule has 0 spiro atoms. The smallest absolute Gasteiger partial charge is 0.254 e. The van der Waals surface area contributed by atoms with Gasteiger partial charge in [0.05, 0.1) is 28.9 Å². The van der Waals surface area contributed by atoms with Crippen LogP contribution in [0.1, 0.15) is 28.0 Å². The van der Waals surface area contributed by atoms with E-state index in [0.717, 1.165) is 0 Å². The SMILES string of the molecule is NC1=C(C2=NCC(O)(CO)Cc3c2noc3N)CN(C(=O)c2ccc(Cl)c(Cl)c2)CC1. The van der Waals surface area contributed by atoms with Crippen LogP contribution in [0.15, 0.2) is 39.0 Å². The number of nitrogens with two attached hydrogens (primary N) is 2. The second-order valence-corrected chi connectivity index (χ2v) is 8.52. The Bertz CT molecular complexity index is 1110. The van der Waals surface area contributed by atoms with Gasteiger partial charge in [-0.05, 0) is 18.2 Å². The summed E-state index contributed by atoms with van der Waals surface area (Å²) >= 11 is 12.0. The summed E-state index contributed by atoms with van der Waals surface area (Å²) in [6, 6.07) is 4.70. The molecule has 1 aromatic carbocycles. The summed E-state index contributed by atoms with van der Waals surface area (Å²) in [5.74, 6) is -0.195. The number of aromatic nitrogens is 1. The number of amides is 1. The third-order valence-electron chi connectivity index (χ3n) is 5.50. The Morgan fingerprint density at radius 1 is 1.29 bits per heavy atom. The van der Waals surface area contributed by atoms with Crippen LogP contribution in [0.5, 0.6) is 0 Å². The van der Waals surface area contributed by atoms with E-state index < -0.39 is 12.2 Å². The fourth-order valence-corrected chi connectivity index (χ4v) is 4.00. The average Bonchev–Trinajstić information content (AvgIpc) is 3.02. The largest absolute Gasteiger partial charge is 0.402 e. The first-order valence-corrected chi connectivity index (χ1v) is 10.3. The van der Waals surface area contributed by atoms with Crippen LogP contribution in [0.3, 0.4) is 0 Å². The molecule has 0 radical (unpaired) electrons. The zero-order valence-electron chi connectivity index (χ0n) is 16.4. The summed E-state index contributed by atoms with van der Waals surface area (Å²) in [5, 5.41) is 25.0. The molecule has 1 amide bonds. The van der Waals surface area contributed by atoms with Gasteiger partial charge < -0.3 is 31.1 Å². The second kappa shape index (κ2) is 8.16. The third-order valence-corrected chi connectivity index (χ3v) is 6.24. The highest BCUT2D eigenvalue weighted by molar-refractivity contribution is 6.42. The maximum atomic E-state index is 13.1. The molecule has 0 saturated carbocycles. The molecular formula is C20H21Cl2N5O4. The Hall–Kier alpha value is -2.59. The summed E-state index contributed by atoms with van der Waals surface area (Å²) in [7, 11) is 0. The molecule has 1 aromatic heterocycles. The molecule has 164 valence electrons. The molecule has 31 heavy (non-hydrogen) atoms. The number of carbonyl (C=O) groups excluding carboxylic acids is 1. The fraction of sp³-hybridized carbons (Fsp3) is 0.350. The van der Waals surface area contributed by atoms with Crippen molar-refractivity contribution >= 4 is 40.7 Å². The molecule has 4 rings (SSSR count). The summed E-state index contributed by atoms with van der Waals surface area (Å²) in [4.78, 5) is 19.2. The highest BCUT2D eigenvalue weighted by Gasteiger charge is 2.37. The van der Waals surface area contributed by atoms with Crippen molar-refractivity contribution in [2.75, 3.05) is 32.0 Å². The summed E-state index contributed by atoms with van der Waals surface area (Å²) in [6.07, 6.45) is 0.453. The van der Waals surface area contributed by atoms with Crippen molar-refractivity contribution in [2.24, 2.45) is 10.7 Å². The highest BCUT2D eigenvalue weighted by atomic mass is 35.5. The minimum absolute atomic E-state index is 0.0280. The van der Waals surface area contributed by atoms with Gasteiger partial charge in [-0.25, -0.2) is 0 Å². The summed E-state index contributed by atoms with van der Waals surface area (Å²) in [6.45, 7) is 0.0000435. The number of nitrogen functional groups attached to an aromatic ring is 1. The monoisotopic (exact) mass is 465 g/mol. The van der Waals surface area contributed by atoms with E-state index in [0.29, 0.717) is 56.8 Å². The number of halogens is 2.